The van der Waals surface area contributed by atoms with E-state index in [1.807, 2.05) is 48.7 Å². The largest absolute Gasteiger partial charge is 0.433 e. The Labute approximate surface area is 205 Å². The van der Waals surface area contributed by atoms with Gasteiger partial charge in [0.05, 0.1) is 16.6 Å². The molecule has 1 amide bonds. The highest BCUT2D eigenvalue weighted by Crippen LogP contribution is 2.32. The zero-order valence-corrected chi connectivity index (χ0v) is 20.1. The molecular weight excluding hydrogens is 472 g/mol. The van der Waals surface area contributed by atoms with Crippen LogP contribution in [-0.2, 0) is 4.79 Å². The van der Waals surface area contributed by atoms with Crippen molar-refractivity contribution in [1.82, 2.24) is 19.7 Å². The predicted molar refractivity (Wildman–Crippen MR) is 131 cm³/mol. The van der Waals surface area contributed by atoms with E-state index in [1.165, 1.54) is 23.9 Å². The summed E-state index contributed by atoms with van der Waals surface area (Å²) in [5, 5.41) is 11.3. The minimum atomic E-state index is -3.00. The maximum atomic E-state index is 12.9. The molecule has 0 bridgehead atoms. The Morgan fingerprint density at radius 2 is 1.77 bits per heavy atom. The Balaban J connectivity index is 1.63. The van der Waals surface area contributed by atoms with Gasteiger partial charge in [0, 0.05) is 18.0 Å². The number of nitrogens with one attached hydrogen (secondary N) is 1. The fraction of sp³-hybridized carbons (Fsp3) is 0.200. The molecule has 2 heterocycles. The highest BCUT2D eigenvalue weighted by molar-refractivity contribution is 8.00. The van der Waals surface area contributed by atoms with E-state index >= 15 is 0 Å². The third kappa shape index (κ3) is 5.65. The van der Waals surface area contributed by atoms with E-state index in [4.69, 9.17) is 0 Å². The molecule has 35 heavy (non-hydrogen) atoms. The van der Waals surface area contributed by atoms with Crippen LogP contribution in [0.4, 0.5) is 14.5 Å². The van der Waals surface area contributed by atoms with Gasteiger partial charge in [0.25, 0.3) is 0 Å². The predicted octanol–water partition coefficient (Wildman–Crippen LogP) is 5.67. The summed E-state index contributed by atoms with van der Waals surface area (Å²) in [7, 11) is 0. The molecule has 0 saturated carbocycles. The van der Waals surface area contributed by atoms with Gasteiger partial charge < -0.3 is 10.1 Å². The Kier molecular flexibility index (Phi) is 7.40. The highest BCUT2D eigenvalue weighted by Gasteiger charge is 2.23. The summed E-state index contributed by atoms with van der Waals surface area (Å²) in [6.45, 7) is 2.77. The fourth-order valence-corrected chi connectivity index (χ4v) is 4.21. The third-order valence-corrected chi connectivity index (χ3v) is 6.38. The van der Waals surface area contributed by atoms with E-state index < -0.39 is 11.9 Å². The Hall–Kier alpha value is -3.79. The van der Waals surface area contributed by atoms with E-state index in [0.29, 0.717) is 11.0 Å². The molecular formula is C25H23F2N5O2S. The smallest absolute Gasteiger partial charge is 0.387 e. The van der Waals surface area contributed by atoms with Crippen LogP contribution in [0, 0.1) is 13.8 Å². The molecule has 0 aliphatic rings. The minimum absolute atomic E-state index is 0.105. The quantitative estimate of drug-likeness (QED) is 0.317. The van der Waals surface area contributed by atoms with Gasteiger partial charge in [-0.2, -0.15) is 8.78 Å². The second kappa shape index (κ2) is 10.6. The lowest BCUT2D eigenvalue weighted by Gasteiger charge is -2.16. The van der Waals surface area contributed by atoms with Gasteiger partial charge >= 0.3 is 6.61 Å². The van der Waals surface area contributed by atoms with Crippen molar-refractivity contribution in [2.45, 2.75) is 37.8 Å². The van der Waals surface area contributed by atoms with E-state index in [2.05, 4.69) is 25.2 Å². The normalized spacial score (nSPS) is 11.9. The molecule has 1 N–H and O–H groups in total. The third-order valence-electron chi connectivity index (χ3n) is 5.33. The number of aryl methyl sites for hydroxylation is 2. The second-order valence-corrected chi connectivity index (χ2v) is 9.08. The molecule has 2 aromatic carbocycles. The molecule has 0 saturated heterocycles. The first kappa shape index (κ1) is 24.3. The summed E-state index contributed by atoms with van der Waals surface area (Å²) >= 11 is 1.21. The van der Waals surface area contributed by atoms with E-state index in [9.17, 15) is 13.6 Å². The summed E-state index contributed by atoms with van der Waals surface area (Å²) in [6, 6.07) is 15.8. The van der Waals surface area contributed by atoms with E-state index in [0.717, 1.165) is 22.4 Å². The Morgan fingerprint density at radius 3 is 2.49 bits per heavy atom. The average Bonchev–Trinajstić information content (AvgIpc) is 3.25. The second-order valence-electron chi connectivity index (χ2n) is 7.77. The molecule has 180 valence electrons. The zero-order valence-electron chi connectivity index (χ0n) is 19.3. The number of anilines is 1. The highest BCUT2D eigenvalue weighted by atomic mass is 32.2. The van der Waals surface area contributed by atoms with Crippen LogP contribution in [0.3, 0.4) is 0 Å². The van der Waals surface area contributed by atoms with Gasteiger partial charge in [-0.3, -0.25) is 14.3 Å². The lowest BCUT2D eigenvalue weighted by Crippen LogP contribution is -2.23. The number of hydrogen-bond donors (Lipinski definition) is 1. The topological polar surface area (TPSA) is 81.9 Å². The molecule has 0 aliphatic heterocycles. The number of rotatable bonds is 8. The first-order valence-electron chi connectivity index (χ1n) is 10.8. The number of nitrogens with zero attached hydrogens (tertiary/aromatic N) is 4. The number of alkyl halides is 2. The molecule has 10 heteroatoms. The van der Waals surface area contributed by atoms with Gasteiger partial charge in [0.15, 0.2) is 11.0 Å². The zero-order chi connectivity index (χ0) is 24.9. The Bertz CT molecular complexity index is 1330. The average molecular weight is 496 g/mol. The number of benzene rings is 2. The van der Waals surface area contributed by atoms with Crippen LogP contribution < -0.4 is 10.1 Å². The van der Waals surface area contributed by atoms with Crippen molar-refractivity contribution in [2.24, 2.45) is 0 Å². The number of pyridine rings is 1. The molecule has 2 aromatic heterocycles. The van der Waals surface area contributed by atoms with Crippen LogP contribution >= 0.6 is 11.8 Å². The van der Waals surface area contributed by atoms with Crippen LogP contribution in [-0.4, -0.2) is 37.5 Å². The van der Waals surface area contributed by atoms with Crippen molar-refractivity contribution in [3.05, 3.63) is 78.1 Å². The van der Waals surface area contributed by atoms with Crippen molar-refractivity contribution >= 4 is 23.4 Å². The first-order chi connectivity index (χ1) is 16.8. The van der Waals surface area contributed by atoms with Crippen molar-refractivity contribution in [3.63, 3.8) is 0 Å². The van der Waals surface area contributed by atoms with Crippen LogP contribution in [0.1, 0.15) is 18.1 Å². The van der Waals surface area contributed by atoms with Gasteiger partial charge in [0.2, 0.25) is 5.91 Å². The molecule has 4 aromatic rings. The van der Waals surface area contributed by atoms with Crippen molar-refractivity contribution < 1.29 is 18.3 Å². The Morgan fingerprint density at radius 1 is 1.03 bits per heavy atom. The van der Waals surface area contributed by atoms with Gasteiger partial charge in [0.1, 0.15) is 5.75 Å². The molecule has 0 spiro atoms. The van der Waals surface area contributed by atoms with Crippen LogP contribution in [0.5, 0.6) is 5.75 Å². The van der Waals surface area contributed by atoms with Gasteiger partial charge in [-0.15, -0.1) is 10.2 Å². The van der Waals surface area contributed by atoms with Crippen molar-refractivity contribution in [2.75, 3.05) is 5.32 Å². The monoisotopic (exact) mass is 495 g/mol. The van der Waals surface area contributed by atoms with Crippen molar-refractivity contribution in [3.8, 4) is 22.8 Å². The number of para-hydroxylation sites is 2. The molecule has 0 fully saturated rings. The molecule has 1 unspecified atom stereocenters. The standard InChI is InChI=1S/C25H23F2N5O2S/c1-15-8-9-19(14-16(15)2)32-22(18-10-12-28-13-11-18)30-31-25(32)35-17(3)23(33)29-20-6-4-5-7-21(20)34-24(26)27/h4-14,17,24H,1-3H3,(H,29,33). The molecule has 4 rings (SSSR count). The summed E-state index contributed by atoms with van der Waals surface area (Å²) in [5.74, 6) is 0.119. The van der Waals surface area contributed by atoms with Crippen molar-refractivity contribution in [1.29, 1.82) is 0 Å². The van der Waals surface area contributed by atoms with Crippen LogP contribution in [0.2, 0.25) is 0 Å². The van der Waals surface area contributed by atoms with Gasteiger partial charge in [-0.1, -0.05) is 30.0 Å². The number of carbonyl (C=O) groups excluding carboxylic acids is 1. The van der Waals surface area contributed by atoms with Crippen LogP contribution in [0.15, 0.2) is 72.1 Å². The number of amides is 1. The summed E-state index contributed by atoms with van der Waals surface area (Å²) < 4.78 is 31.8. The molecule has 0 radical (unpaired) electrons. The van der Waals surface area contributed by atoms with Gasteiger partial charge in [-0.25, -0.2) is 0 Å². The maximum absolute atomic E-state index is 12.9. The lowest BCUT2D eigenvalue weighted by atomic mass is 10.1. The summed E-state index contributed by atoms with van der Waals surface area (Å²) in [4.78, 5) is 17.0. The molecule has 1 atom stereocenters. The fourth-order valence-electron chi connectivity index (χ4n) is 3.35. The number of aromatic nitrogens is 4. The molecule has 7 nitrogen and oxygen atoms in total. The van der Waals surface area contributed by atoms with E-state index in [-0.39, 0.29) is 17.3 Å². The first-order valence-corrected chi connectivity index (χ1v) is 11.7. The number of thioether (sulfide) groups is 1. The number of halogens is 2. The SMILES string of the molecule is Cc1ccc(-n2c(SC(C)C(=O)Nc3ccccc3OC(F)F)nnc2-c2ccncc2)cc1C. The minimum Gasteiger partial charge on any atom is -0.433 e. The lowest BCUT2D eigenvalue weighted by molar-refractivity contribution is -0.115. The summed E-state index contributed by atoms with van der Waals surface area (Å²) in [6.07, 6.45) is 3.35. The maximum Gasteiger partial charge on any atom is 0.387 e. The van der Waals surface area contributed by atoms with Gasteiger partial charge in [-0.05, 0) is 68.3 Å². The molecule has 0 aliphatic carbocycles. The summed E-state index contributed by atoms with van der Waals surface area (Å²) in [5.41, 5.74) is 4.11. The number of hydrogen-bond acceptors (Lipinski definition) is 6. The van der Waals surface area contributed by atoms with Crippen LogP contribution in [0.25, 0.3) is 17.1 Å². The van der Waals surface area contributed by atoms with E-state index in [1.54, 1.807) is 31.5 Å². The number of ether oxygens (including phenoxy) is 1. The number of carbonyl (C=O) groups is 1.